The van der Waals surface area contributed by atoms with Crippen LogP contribution in [0, 0.1) is 5.92 Å². The molecule has 0 saturated heterocycles. The summed E-state index contributed by atoms with van der Waals surface area (Å²) in [5.74, 6) is 1.62. The SMILES string of the molecule is CCNC(=NCCCS(C)(=O)=O)NCCC(C)C.I. The van der Waals surface area contributed by atoms with E-state index in [1.54, 1.807) is 0 Å². The van der Waals surface area contributed by atoms with Gasteiger partial charge < -0.3 is 10.6 Å². The maximum atomic E-state index is 11.0. The van der Waals surface area contributed by atoms with E-state index in [9.17, 15) is 8.42 Å². The van der Waals surface area contributed by atoms with E-state index < -0.39 is 9.84 Å². The fraction of sp³-hybridized carbons (Fsp3) is 0.917. The molecular formula is C12H28IN3O2S. The number of hydrogen-bond donors (Lipinski definition) is 2. The highest BCUT2D eigenvalue weighted by Gasteiger charge is 2.02. The van der Waals surface area contributed by atoms with Crippen molar-refractivity contribution in [3.63, 3.8) is 0 Å². The van der Waals surface area contributed by atoms with Gasteiger partial charge in [0.25, 0.3) is 0 Å². The summed E-state index contributed by atoms with van der Waals surface area (Å²) >= 11 is 0. The molecule has 0 unspecified atom stereocenters. The largest absolute Gasteiger partial charge is 0.357 e. The minimum absolute atomic E-state index is 0. The quantitative estimate of drug-likeness (QED) is 0.279. The summed E-state index contributed by atoms with van der Waals surface area (Å²) < 4.78 is 21.9. The van der Waals surface area contributed by atoms with E-state index in [1.165, 1.54) is 6.26 Å². The Hall–Kier alpha value is -0.0500. The lowest BCUT2D eigenvalue weighted by atomic mass is 10.1. The first-order valence-electron chi connectivity index (χ1n) is 6.55. The van der Waals surface area contributed by atoms with Crippen LogP contribution in [0.3, 0.4) is 0 Å². The van der Waals surface area contributed by atoms with Gasteiger partial charge in [0.2, 0.25) is 0 Å². The molecule has 0 aliphatic carbocycles. The number of guanidine groups is 1. The third kappa shape index (κ3) is 15.9. The highest BCUT2D eigenvalue weighted by atomic mass is 127. The second-order valence-electron chi connectivity index (χ2n) is 4.85. The summed E-state index contributed by atoms with van der Waals surface area (Å²) in [6.45, 7) is 8.59. The molecule has 0 fully saturated rings. The van der Waals surface area contributed by atoms with E-state index in [0.29, 0.717) is 18.9 Å². The highest BCUT2D eigenvalue weighted by molar-refractivity contribution is 14.0. The third-order valence-corrected chi connectivity index (χ3v) is 3.33. The van der Waals surface area contributed by atoms with Crippen molar-refractivity contribution in [1.82, 2.24) is 10.6 Å². The van der Waals surface area contributed by atoms with Gasteiger partial charge in [0.15, 0.2) is 5.96 Å². The van der Waals surface area contributed by atoms with Crippen LogP contribution in [0.4, 0.5) is 0 Å². The smallest absolute Gasteiger partial charge is 0.191 e. The Morgan fingerprint density at radius 3 is 2.37 bits per heavy atom. The van der Waals surface area contributed by atoms with Gasteiger partial charge in [0.05, 0.1) is 5.75 Å². The molecule has 0 heterocycles. The number of halogens is 1. The maximum absolute atomic E-state index is 11.0. The average Bonchev–Trinajstić information content (AvgIpc) is 2.22. The van der Waals surface area contributed by atoms with Gasteiger partial charge in [-0.05, 0) is 25.7 Å². The van der Waals surface area contributed by atoms with Crippen molar-refractivity contribution in [2.75, 3.05) is 31.6 Å². The summed E-state index contributed by atoms with van der Waals surface area (Å²) in [7, 11) is -2.87. The number of nitrogens with zero attached hydrogens (tertiary/aromatic N) is 1. The minimum Gasteiger partial charge on any atom is -0.357 e. The van der Waals surface area contributed by atoms with E-state index in [0.717, 1.165) is 25.5 Å². The van der Waals surface area contributed by atoms with E-state index in [1.807, 2.05) is 6.92 Å². The molecule has 0 radical (unpaired) electrons. The molecule has 0 aromatic rings. The van der Waals surface area contributed by atoms with Crippen molar-refractivity contribution in [2.45, 2.75) is 33.6 Å². The second-order valence-corrected chi connectivity index (χ2v) is 7.11. The van der Waals surface area contributed by atoms with Gasteiger partial charge in [-0.2, -0.15) is 0 Å². The number of sulfone groups is 1. The fourth-order valence-electron chi connectivity index (χ4n) is 1.34. The molecule has 0 bridgehead atoms. The van der Waals surface area contributed by atoms with Gasteiger partial charge in [0.1, 0.15) is 9.84 Å². The van der Waals surface area contributed by atoms with Gasteiger partial charge >= 0.3 is 0 Å². The van der Waals surface area contributed by atoms with Crippen LogP contribution in [-0.4, -0.2) is 46.0 Å². The van der Waals surface area contributed by atoms with E-state index in [2.05, 4.69) is 29.5 Å². The first-order valence-corrected chi connectivity index (χ1v) is 8.61. The lowest BCUT2D eigenvalue weighted by Crippen LogP contribution is -2.38. The van der Waals surface area contributed by atoms with Crippen LogP contribution in [0.15, 0.2) is 4.99 Å². The van der Waals surface area contributed by atoms with Gasteiger partial charge in [-0.3, -0.25) is 4.99 Å². The Morgan fingerprint density at radius 2 is 1.89 bits per heavy atom. The molecule has 0 rings (SSSR count). The second kappa shape index (κ2) is 11.7. The van der Waals surface area contributed by atoms with Crippen LogP contribution in [0.2, 0.25) is 0 Å². The number of nitrogens with one attached hydrogen (secondary N) is 2. The molecule has 7 heteroatoms. The minimum atomic E-state index is -2.87. The van der Waals surface area contributed by atoms with Crippen molar-refractivity contribution >= 4 is 39.8 Å². The first kappa shape index (κ1) is 21.3. The van der Waals surface area contributed by atoms with Crippen LogP contribution in [0.1, 0.15) is 33.6 Å². The van der Waals surface area contributed by atoms with Crippen molar-refractivity contribution in [3.8, 4) is 0 Å². The molecule has 2 N–H and O–H groups in total. The lowest BCUT2D eigenvalue weighted by molar-refractivity contribution is 0.573. The molecular weight excluding hydrogens is 377 g/mol. The summed E-state index contributed by atoms with van der Waals surface area (Å²) in [5, 5.41) is 6.38. The molecule has 116 valence electrons. The Balaban J connectivity index is 0. The molecule has 0 aromatic carbocycles. The van der Waals surface area contributed by atoms with Gasteiger partial charge in [-0.1, -0.05) is 13.8 Å². The van der Waals surface area contributed by atoms with Crippen molar-refractivity contribution < 1.29 is 8.42 Å². The zero-order valence-corrected chi connectivity index (χ0v) is 15.5. The average molecular weight is 405 g/mol. The number of aliphatic imine (C=N–C) groups is 1. The molecule has 0 atom stereocenters. The molecule has 0 spiro atoms. The highest BCUT2D eigenvalue weighted by Crippen LogP contribution is 1.96. The van der Waals surface area contributed by atoms with Crippen molar-refractivity contribution in [2.24, 2.45) is 10.9 Å². The molecule has 5 nitrogen and oxygen atoms in total. The normalized spacial score (nSPS) is 12.2. The van der Waals surface area contributed by atoms with Gasteiger partial charge in [-0.15, -0.1) is 24.0 Å². The molecule has 0 aliphatic heterocycles. The van der Waals surface area contributed by atoms with Crippen LogP contribution < -0.4 is 10.6 Å². The predicted molar refractivity (Wildman–Crippen MR) is 93.2 cm³/mol. The van der Waals surface area contributed by atoms with Crippen molar-refractivity contribution in [1.29, 1.82) is 0 Å². The Bertz CT molecular complexity index is 343. The van der Waals surface area contributed by atoms with Crippen molar-refractivity contribution in [3.05, 3.63) is 0 Å². The molecule has 0 aromatic heterocycles. The molecule has 0 saturated carbocycles. The van der Waals surface area contributed by atoms with E-state index >= 15 is 0 Å². The van der Waals surface area contributed by atoms with Crippen LogP contribution in [0.25, 0.3) is 0 Å². The Kier molecular flexibility index (Phi) is 13.1. The fourth-order valence-corrected chi connectivity index (χ4v) is 1.99. The monoisotopic (exact) mass is 405 g/mol. The lowest BCUT2D eigenvalue weighted by Gasteiger charge is -2.12. The van der Waals surface area contributed by atoms with Crippen LogP contribution in [0.5, 0.6) is 0 Å². The molecule has 19 heavy (non-hydrogen) atoms. The van der Waals surface area contributed by atoms with Gasteiger partial charge in [-0.25, -0.2) is 8.42 Å². The van der Waals surface area contributed by atoms with E-state index in [4.69, 9.17) is 0 Å². The number of hydrogen-bond acceptors (Lipinski definition) is 3. The first-order chi connectivity index (χ1) is 8.35. The summed E-state index contributed by atoms with van der Waals surface area (Å²) in [6.07, 6.45) is 2.91. The zero-order chi connectivity index (χ0) is 14.0. The van der Waals surface area contributed by atoms with Gasteiger partial charge in [0, 0.05) is 25.9 Å². The number of rotatable bonds is 8. The standard InChI is InChI=1S/C12H27N3O2S.HI/c1-5-13-12(15-9-7-11(2)3)14-8-6-10-18(4,16)17;/h11H,5-10H2,1-4H3,(H2,13,14,15);1H. The van der Waals surface area contributed by atoms with Crippen LogP contribution in [-0.2, 0) is 9.84 Å². The summed E-state index contributed by atoms with van der Waals surface area (Å²) in [5.41, 5.74) is 0. The topological polar surface area (TPSA) is 70.6 Å². The molecule has 0 aliphatic rings. The third-order valence-electron chi connectivity index (χ3n) is 2.30. The van der Waals surface area contributed by atoms with E-state index in [-0.39, 0.29) is 29.7 Å². The summed E-state index contributed by atoms with van der Waals surface area (Å²) in [6, 6.07) is 0. The predicted octanol–water partition coefficient (Wildman–Crippen LogP) is 1.64. The maximum Gasteiger partial charge on any atom is 0.191 e. The zero-order valence-electron chi connectivity index (χ0n) is 12.4. The Labute approximate surface area is 135 Å². The Morgan fingerprint density at radius 1 is 1.26 bits per heavy atom. The summed E-state index contributed by atoms with van der Waals surface area (Å²) in [4.78, 5) is 4.34. The molecule has 0 amide bonds. The van der Waals surface area contributed by atoms with Crippen LogP contribution >= 0.6 is 24.0 Å².